The third-order valence-electron chi connectivity index (χ3n) is 5.04. The van der Waals surface area contributed by atoms with E-state index in [9.17, 15) is 19.5 Å². The Morgan fingerprint density at radius 3 is 2.56 bits per heavy atom. The third kappa shape index (κ3) is 6.35. The molecule has 0 aliphatic heterocycles. The number of nitrogens with two attached hydrogens (primary N) is 2. The van der Waals surface area contributed by atoms with Gasteiger partial charge in [-0.3, -0.25) is 9.79 Å². The monoisotopic (exact) mass is 466 g/mol. The molecule has 1 aromatic heterocycles. The molecule has 3 rings (SSSR count). The van der Waals surface area contributed by atoms with Crippen molar-refractivity contribution in [3.8, 4) is 16.9 Å². The molecule has 2 atom stereocenters. The SMILES string of the molecule is CC(Oc1ccc2c(-c3ccccc3)cc(=O)oc2c1)C(=O)N[C@@H](CCCN=C(N)N)C(=O)O. The fourth-order valence-electron chi connectivity index (χ4n) is 3.38. The van der Waals surface area contributed by atoms with Crippen molar-refractivity contribution >= 4 is 28.8 Å². The summed E-state index contributed by atoms with van der Waals surface area (Å²) in [5, 5.41) is 12.5. The van der Waals surface area contributed by atoms with Crippen molar-refractivity contribution in [1.82, 2.24) is 5.32 Å². The lowest BCUT2D eigenvalue weighted by Gasteiger charge is -2.19. The maximum atomic E-state index is 12.5. The van der Waals surface area contributed by atoms with Crippen molar-refractivity contribution in [2.45, 2.75) is 31.9 Å². The van der Waals surface area contributed by atoms with E-state index in [4.69, 9.17) is 20.6 Å². The molecule has 0 radical (unpaired) electrons. The smallest absolute Gasteiger partial charge is 0.336 e. The Hall–Kier alpha value is -4.34. The first-order chi connectivity index (χ1) is 16.2. The number of guanidine groups is 1. The van der Waals surface area contributed by atoms with E-state index in [1.165, 1.54) is 19.1 Å². The second-order valence-electron chi connectivity index (χ2n) is 7.61. The molecule has 2 aromatic carbocycles. The molecule has 0 aliphatic rings. The van der Waals surface area contributed by atoms with Gasteiger partial charge in [-0.2, -0.15) is 0 Å². The molecule has 1 unspecified atom stereocenters. The zero-order chi connectivity index (χ0) is 24.7. The number of nitrogens with one attached hydrogen (secondary N) is 1. The number of carbonyl (C=O) groups is 2. The lowest BCUT2D eigenvalue weighted by molar-refractivity contribution is -0.143. The van der Waals surface area contributed by atoms with Crippen LogP contribution in [0.2, 0.25) is 0 Å². The van der Waals surface area contributed by atoms with Crippen LogP contribution in [0.15, 0.2) is 68.8 Å². The number of aliphatic carboxylic acids is 1. The van der Waals surface area contributed by atoms with E-state index >= 15 is 0 Å². The number of ether oxygens (including phenoxy) is 1. The van der Waals surface area contributed by atoms with E-state index in [0.29, 0.717) is 28.7 Å². The summed E-state index contributed by atoms with van der Waals surface area (Å²) >= 11 is 0. The molecular weight excluding hydrogens is 440 g/mol. The number of carbonyl (C=O) groups excluding carboxylic acids is 1. The topological polar surface area (TPSA) is 170 Å². The standard InChI is InChI=1S/C24H26N4O6/c1-14(22(30)28-19(23(31)32)8-5-11-27-24(25)26)33-16-9-10-17-18(15-6-3-2-4-7-15)13-21(29)34-20(17)12-16/h2-4,6-7,9-10,12-14,19H,5,8,11H2,1H3,(H,28,30)(H,31,32)(H4,25,26,27)/t14?,19-/m0/s1. The molecule has 0 fully saturated rings. The zero-order valence-electron chi connectivity index (χ0n) is 18.6. The van der Waals surface area contributed by atoms with Crippen molar-refractivity contribution in [2.75, 3.05) is 6.54 Å². The molecule has 10 heteroatoms. The highest BCUT2D eigenvalue weighted by Crippen LogP contribution is 2.29. The quantitative estimate of drug-likeness (QED) is 0.152. The predicted octanol–water partition coefficient (Wildman–Crippen LogP) is 1.85. The van der Waals surface area contributed by atoms with Crippen molar-refractivity contribution in [2.24, 2.45) is 16.5 Å². The van der Waals surface area contributed by atoms with E-state index in [2.05, 4.69) is 10.3 Å². The second-order valence-corrected chi connectivity index (χ2v) is 7.61. The summed E-state index contributed by atoms with van der Waals surface area (Å²) in [6, 6.07) is 14.6. The molecule has 3 aromatic rings. The van der Waals surface area contributed by atoms with Gasteiger partial charge in [0.05, 0.1) is 0 Å². The zero-order valence-corrected chi connectivity index (χ0v) is 18.6. The highest BCUT2D eigenvalue weighted by atomic mass is 16.5. The molecule has 0 spiro atoms. The van der Waals surface area contributed by atoms with E-state index < -0.39 is 29.6 Å². The largest absolute Gasteiger partial charge is 0.481 e. The van der Waals surface area contributed by atoms with Gasteiger partial charge in [0.15, 0.2) is 12.1 Å². The highest BCUT2D eigenvalue weighted by Gasteiger charge is 2.24. The van der Waals surface area contributed by atoms with Crippen LogP contribution in [0.5, 0.6) is 5.75 Å². The Balaban J connectivity index is 1.71. The summed E-state index contributed by atoms with van der Waals surface area (Å²) < 4.78 is 11.0. The number of carboxylic acids is 1. The first-order valence-electron chi connectivity index (χ1n) is 10.6. The summed E-state index contributed by atoms with van der Waals surface area (Å²) in [6.45, 7) is 1.75. The third-order valence-corrected chi connectivity index (χ3v) is 5.04. The van der Waals surface area contributed by atoms with Gasteiger partial charge in [-0.05, 0) is 43.0 Å². The molecule has 1 amide bonds. The van der Waals surface area contributed by atoms with Crippen LogP contribution in [0.25, 0.3) is 22.1 Å². The minimum absolute atomic E-state index is 0.0833. The molecule has 10 nitrogen and oxygen atoms in total. The van der Waals surface area contributed by atoms with Gasteiger partial charge in [0.25, 0.3) is 5.91 Å². The number of benzene rings is 2. The van der Waals surface area contributed by atoms with Gasteiger partial charge in [0.1, 0.15) is 17.4 Å². The fraction of sp³-hybridized carbons (Fsp3) is 0.250. The normalized spacial score (nSPS) is 12.5. The fourth-order valence-corrected chi connectivity index (χ4v) is 3.38. The number of carboxylic acid groups (broad SMARTS) is 1. The number of amides is 1. The minimum atomic E-state index is -1.17. The van der Waals surface area contributed by atoms with Crippen LogP contribution >= 0.6 is 0 Å². The highest BCUT2D eigenvalue weighted by molar-refractivity contribution is 5.94. The van der Waals surface area contributed by atoms with Gasteiger partial charge in [-0.1, -0.05) is 30.3 Å². The summed E-state index contributed by atoms with van der Waals surface area (Å²) in [5.41, 5.74) is 11.9. The lowest BCUT2D eigenvalue weighted by atomic mass is 10.0. The van der Waals surface area contributed by atoms with Crippen LogP contribution in [0.4, 0.5) is 0 Å². The van der Waals surface area contributed by atoms with Crippen molar-refractivity contribution in [3.05, 3.63) is 65.0 Å². The van der Waals surface area contributed by atoms with E-state index in [1.807, 2.05) is 30.3 Å². The molecule has 6 N–H and O–H groups in total. The Morgan fingerprint density at radius 1 is 1.15 bits per heavy atom. The molecule has 0 aliphatic carbocycles. The summed E-state index contributed by atoms with van der Waals surface area (Å²) in [7, 11) is 0. The molecular formula is C24H26N4O6. The summed E-state index contributed by atoms with van der Waals surface area (Å²) in [6.07, 6.45) is -0.479. The Bertz CT molecular complexity index is 1250. The number of fused-ring (bicyclic) bond motifs is 1. The maximum absolute atomic E-state index is 12.5. The summed E-state index contributed by atoms with van der Waals surface area (Å²) in [5.74, 6) is -1.57. The van der Waals surface area contributed by atoms with Crippen molar-refractivity contribution < 1.29 is 23.8 Å². The number of nitrogens with zero attached hydrogens (tertiary/aromatic N) is 1. The molecule has 0 bridgehead atoms. The van der Waals surface area contributed by atoms with Crippen LogP contribution in [-0.2, 0) is 9.59 Å². The van der Waals surface area contributed by atoms with Crippen LogP contribution in [0, 0.1) is 0 Å². The molecule has 1 heterocycles. The first-order valence-corrected chi connectivity index (χ1v) is 10.6. The average molecular weight is 466 g/mol. The Kier molecular flexibility index (Phi) is 7.86. The lowest BCUT2D eigenvalue weighted by Crippen LogP contribution is -2.46. The van der Waals surface area contributed by atoms with Crippen LogP contribution in [-0.4, -0.2) is 41.6 Å². The number of hydrogen-bond acceptors (Lipinski definition) is 6. The number of rotatable bonds is 10. The van der Waals surface area contributed by atoms with Crippen LogP contribution < -0.4 is 27.1 Å². The van der Waals surface area contributed by atoms with Gasteiger partial charge in [-0.25, -0.2) is 9.59 Å². The molecule has 0 saturated heterocycles. The maximum Gasteiger partial charge on any atom is 0.336 e. The van der Waals surface area contributed by atoms with E-state index in [-0.39, 0.29) is 18.9 Å². The van der Waals surface area contributed by atoms with Crippen LogP contribution in [0.3, 0.4) is 0 Å². The van der Waals surface area contributed by atoms with E-state index in [1.54, 1.807) is 12.1 Å². The Labute approximate surface area is 195 Å². The van der Waals surface area contributed by atoms with Crippen LogP contribution in [0.1, 0.15) is 19.8 Å². The number of hydrogen-bond donors (Lipinski definition) is 4. The first kappa shape index (κ1) is 24.3. The second kappa shape index (κ2) is 11.0. The molecule has 0 saturated carbocycles. The van der Waals surface area contributed by atoms with Gasteiger partial charge in [0, 0.05) is 24.1 Å². The molecule has 178 valence electrons. The van der Waals surface area contributed by atoms with Gasteiger partial charge in [0.2, 0.25) is 0 Å². The summed E-state index contributed by atoms with van der Waals surface area (Å²) in [4.78, 5) is 39.9. The van der Waals surface area contributed by atoms with Gasteiger partial charge in [-0.15, -0.1) is 0 Å². The van der Waals surface area contributed by atoms with Gasteiger partial charge < -0.3 is 31.0 Å². The average Bonchev–Trinajstić information content (AvgIpc) is 2.80. The van der Waals surface area contributed by atoms with Crippen molar-refractivity contribution in [3.63, 3.8) is 0 Å². The predicted molar refractivity (Wildman–Crippen MR) is 127 cm³/mol. The molecule has 34 heavy (non-hydrogen) atoms. The minimum Gasteiger partial charge on any atom is -0.481 e. The van der Waals surface area contributed by atoms with Gasteiger partial charge >= 0.3 is 11.6 Å². The van der Waals surface area contributed by atoms with E-state index in [0.717, 1.165) is 5.56 Å². The Morgan fingerprint density at radius 2 is 1.88 bits per heavy atom. The number of aliphatic imine (C=N–C) groups is 1. The van der Waals surface area contributed by atoms with Crippen molar-refractivity contribution in [1.29, 1.82) is 0 Å².